The van der Waals surface area contributed by atoms with Gasteiger partial charge < -0.3 is 4.74 Å². The van der Waals surface area contributed by atoms with Crippen molar-refractivity contribution in [2.24, 2.45) is 11.1 Å². The Kier molecular flexibility index (Phi) is 3.66. The SMILES string of the molecule is CC1(OC(F)F)C=CC=C(S(N)(=O)=O)C1C#N. The van der Waals surface area contributed by atoms with E-state index in [1.54, 1.807) is 6.07 Å². The van der Waals surface area contributed by atoms with E-state index in [9.17, 15) is 17.2 Å². The Balaban J connectivity index is 3.21. The first-order chi connectivity index (χ1) is 7.70. The van der Waals surface area contributed by atoms with E-state index in [0.717, 1.165) is 6.08 Å². The second-order valence-corrected chi connectivity index (χ2v) is 5.16. The van der Waals surface area contributed by atoms with Crippen LogP contribution in [0.2, 0.25) is 0 Å². The summed E-state index contributed by atoms with van der Waals surface area (Å²) in [5.74, 6) is -1.41. The number of hydrogen-bond donors (Lipinski definition) is 1. The van der Waals surface area contributed by atoms with Crippen LogP contribution < -0.4 is 5.14 Å². The second kappa shape index (κ2) is 4.52. The molecule has 2 N–H and O–H groups in total. The van der Waals surface area contributed by atoms with Gasteiger partial charge in [0.2, 0.25) is 10.0 Å². The van der Waals surface area contributed by atoms with Gasteiger partial charge in [0, 0.05) is 0 Å². The Labute approximate surface area is 97.2 Å². The van der Waals surface area contributed by atoms with Gasteiger partial charge in [-0.2, -0.15) is 14.0 Å². The number of sulfonamides is 1. The average molecular weight is 264 g/mol. The fourth-order valence-electron chi connectivity index (χ4n) is 1.56. The minimum Gasteiger partial charge on any atom is -0.311 e. The standard InChI is InChI=1S/C9H10F2N2O3S/c1-9(16-8(10)11)4-2-3-7(6(9)5-12)17(13,14)15/h2-4,6,8H,1H3,(H2,13,14,15). The van der Waals surface area contributed by atoms with E-state index in [4.69, 9.17) is 10.4 Å². The number of allylic oxidation sites excluding steroid dienone is 2. The largest absolute Gasteiger partial charge is 0.346 e. The van der Waals surface area contributed by atoms with Crippen LogP contribution >= 0.6 is 0 Å². The molecule has 0 saturated heterocycles. The van der Waals surface area contributed by atoms with Crippen LogP contribution in [0, 0.1) is 17.2 Å². The van der Waals surface area contributed by atoms with Crippen LogP contribution in [0.15, 0.2) is 23.1 Å². The van der Waals surface area contributed by atoms with Crippen molar-refractivity contribution in [3.63, 3.8) is 0 Å². The van der Waals surface area contributed by atoms with Gasteiger partial charge in [0.25, 0.3) is 0 Å². The Bertz CT molecular complexity index is 507. The molecule has 1 aliphatic rings. The molecule has 0 fully saturated rings. The number of nitrogens with two attached hydrogens (primary N) is 1. The molecular formula is C9H10F2N2O3S. The van der Waals surface area contributed by atoms with Crippen molar-refractivity contribution in [1.82, 2.24) is 0 Å². The number of alkyl halides is 2. The lowest BCUT2D eigenvalue weighted by molar-refractivity contribution is -0.192. The number of rotatable bonds is 3. The van der Waals surface area contributed by atoms with Crippen LogP contribution in [0.1, 0.15) is 6.92 Å². The van der Waals surface area contributed by atoms with Crippen molar-refractivity contribution in [3.05, 3.63) is 23.1 Å². The summed E-state index contributed by atoms with van der Waals surface area (Å²) < 4.78 is 51.2. The maximum Gasteiger partial charge on any atom is 0.346 e. The van der Waals surface area contributed by atoms with Gasteiger partial charge in [0.1, 0.15) is 11.5 Å². The van der Waals surface area contributed by atoms with Gasteiger partial charge in [-0.25, -0.2) is 13.6 Å². The van der Waals surface area contributed by atoms with E-state index < -0.39 is 33.1 Å². The molecule has 0 aromatic carbocycles. The zero-order valence-electron chi connectivity index (χ0n) is 8.80. The molecule has 0 aliphatic heterocycles. The maximum absolute atomic E-state index is 12.2. The molecule has 0 bridgehead atoms. The molecule has 0 saturated carbocycles. The average Bonchev–Trinajstić information content (AvgIpc) is 2.13. The highest BCUT2D eigenvalue weighted by atomic mass is 32.2. The molecule has 5 nitrogen and oxygen atoms in total. The summed E-state index contributed by atoms with van der Waals surface area (Å²) in [7, 11) is -4.13. The number of halogens is 2. The predicted octanol–water partition coefficient (Wildman–Crippen LogP) is 0.866. The summed E-state index contributed by atoms with van der Waals surface area (Å²) in [6.45, 7) is -1.93. The summed E-state index contributed by atoms with van der Waals surface area (Å²) in [4.78, 5) is -0.439. The third-order valence-corrected chi connectivity index (χ3v) is 3.37. The minimum atomic E-state index is -4.13. The number of hydrogen-bond acceptors (Lipinski definition) is 4. The lowest BCUT2D eigenvalue weighted by Gasteiger charge is -2.33. The highest BCUT2D eigenvalue weighted by Gasteiger charge is 2.43. The summed E-state index contributed by atoms with van der Waals surface area (Å²) >= 11 is 0. The number of nitriles is 1. The third-order valence-electron chi connectivity index (χ3n) is 2.35. The van der Waals surface area contributed by atoms with E-state index in [-0.39, 0.29) is 0 Å². The third kappa shape index (κ3) is 2.88. The number of ether oxygens (including phenoxy) is 1. The molecule has 2 atom stereocenters. The highest BCUT2D eigenvalue weighted by Crippen LogP contribution is 2.35. The van der Waals surface area contributed by atoms with Crippen molar-refractivity contribution in [3.8, 4) is 6.07 Å². The van der Waals surface area contributed by atoms with E-state index in [0.29, 0.717) is 0 Å². The zero-order valence-corrected chi connectivity index (χ0v) is 9.62. The van der Waals surface area contributed by atoms with Crippen molar-refractivity contribution >= 4 is 10.0 Å². The first kappa shape index (κ1) is 13.8. The number of primary sulfonamides is 1. The van der Waals surface area contributed by atoms with Crippen LogP contribution in [0.4, 0.5) is 8.78 Å². The van der Waals surface area contributed by atoms with Crippen LogP contribution in [0.5, 0.6) is 0 Å². The topological polar surface area (TPSA) is 93.2 Å². The molecule has 1 aliphatic carbocycles. The fourth-order valence-corrected chi connectivity index (χ4v) is 2.44. The van der Waals surface area contributed by atoms with E-state index in [1.807, 2.05) is 0 Å². The second-order valence-electron chi connectivity index (χ2n) is 3.60. The van der Waals surface area contributed by atoms with Gasteiger partial charge in [-0.3, -0.25) is 0 Å². The van der Waals surface area contributed by atoms with Gasteiger partial charge in [-0.1, -0.05) is 12.2 Å². The smallest absolute Gasteiger partial charge is 0.311 e. The Morgan fingerprint density at radius 3 is 2.65 bits per heavy atom. The molecule has 2 unspecified atom stereocenters. The lowest BCUT2D eigenvalue weighted by atomic mass is 9.86. The summed E-state index contributed by atoms with van der Waals surface area (Å²) in [6.07, 6.45) is 3.51. The van der Waals surface area contributed by atoms with E-state index in [1.165, 1.54) is 19.1 Å². The van der Waals surface area contributed by atoms with Gasteiger partial charge >= 0.3 is 6.61 Å². The monoisotopic (exact) mass is 264 g/mol. The first-order valence-corrected chi connectivity index (χ1v) is 6.03. The molecular weight excluding hydrogens is 254 g/mol. The zero-order chi connectivity index (χ0) is 13.3. The summed E-state index contributed by atoms with van der Waals surface area (Å²) in [5, 5.41) is 13.8. The molecule has 0 heterocycles. The van der Waals surface area contributed by atoms with Crippen molar-refractivity contribution in [2.75, 3.05) is 0 Å². The van der Waals surface area contributed by atoms with Crippen LogP contribution in [0.3, 0.4) is 0 Å². The Morgan fingerprint density at radius 1 is 1.65 bits per heavy atom. The van der Waals surface area contributed by atoms with Gasteiger partial charge in [0.05, 0.1) is 11.0 Å². The predicted molar refractivity (Wildman–Crippen MR) is 54.9 cm³/mol. The molecule has 0 spiro atoms. The van der Waals surface area contributed by atoms with Crippen LogP contribution in [0.25, 0.3) is 0 Å². The quantitative estimate of drug-likeness (QED) is 0.818. The molecule has 1 rings (SSSR count). The lowest BCUT2D eigenvalue weighted by Crippen LogP contribution is -2.41. The van der Waals surface area contributed by atoms with Gasteiger partial charge in [-0.15, -0.1) is 0 Å². The summed E-state index contributed by atoms with van der Waals surface area (Å²) in [6, 6.07) is 1.62. The molecule has 17 heavy (non-hydrogen) atoms. The normalized spacial score (nSPS) is 28.9. The van der Waals surface area contributed by atoms with Crippen molar-refractivity contribution < 1.29 is 21.9 Å². The van der Waals surface area contributed by atoms with Crippen LogP contribution in [-0.2, 0) is 14.8 Å². The minimum absolute atomic E-state index is 0.439. The van der Waals surface area contributed by atoms with Gasteiger partial charge in [-0.05, 0) is 13.0 Å². The summed E-state index contributed by atoms with van der Waals surface area (Å²) in [5.41, 5.74) is -1.72. The fraction of sp³-hybridized carbons (Fsp3) is 0.444. The Hall–Kier alpha value is -1.30. The Morgan fingerprint density at radius 2 is 2.24 bits per heavy atom. The molecule has 0 radical (unpaired) electrons. The molecule has 0 amide bonds. The maximum atomic E-state index is 12.2. The molecule has 94 valence electrons. The van der Waals surface area contributed by atoms with Crippen molar-refractivity contribution in [1.29, 1.82) is 5.26 Å². The molecule has 0 aromatic rings. The highest BCUT2D eigenvalue weighted by molar-refractivity contribution is 7.93. The first-order valence-electron chi connectivity index (χ1n) is 4.48. The van der Waals surface area contributed by atoms with Crippen molar-refractivity contribution in [2.45, 2.75) is 19.1 Å². The number of nitrogens with zero attached hydrogens (tertiary/aromatic N) is 1. The van der Waals surface area contributed by atoms with E-state index in [2.05, 4.69) is 4.74 Å². The molecule has 8 heteroatoms. The molecule has 0 aromatic heterocycles. The van der Waals surface area contributed by atoms with E-state index >= 15 is 0 Å². The van der Waals surface area contributed by atoms with Gasteiger partial charge in [0.15, 0.2) is 0 Å². The van der Waals surface area contributed by atoms with Crippen LogP contribution in [-0.4, -0.2) is 20.6 Å².